The number of aryl methyl sites for hydroxylation is 2. The van der Waals surface area contributed by atoms with Crippen LogP contribution in [0, 0.1) is 0 Å². The van der Waals surface area contributed by atoms with Crippen molar-refractivity contribution in [1.29, 1.82) is 0 Å². The molecule has 6 heteroatoms. The van der Waals surface area contributed by atoms with E-state index in [1.807, 2.05) is 32.0 Å². The summed E-state index contributed by atoms with van der Waals surface area (Å²) in [6.07, 6.45) is 1.59. The molecule has 0 aliphatic rings. The summed E-state index contributed by atoms with van der Waals surface area (Å²) in [6, 6.07) is 10.4. The summed E-state index contributed by atoms with van der Waals surface area (Å²) in [5.74, 6) is -1.08. The zero-order valence-electron chi connectivity index (χ0n) is 14.3. The predicted molar refractivity (Wildman–Crippen MR) is 100.0 cm³/mol. The second-order valence-electron chi connectivity index (χ2n) is 5.51. The quantitative estimate of drug-likeness (QED) is 0.605. The fourth-order valence-electron chi connectivity index (χ4n) is 2.49. The molecule has 1 amide bonds. The Balaban J connectivity index is 2.04. The van der Waals surface area contributed by atoms with Gasteiger partial charge < -0.3 is 15.8 Å². The highest BCUT2D eigenvalue weighted by Gasteiger charge is 2.15. The summed E-state index contributed by atoms with van der Waals surface area (Å²) in [5.41, 5.74) is 9.00. The van der Waals surface area contributed by atoms with E-state index in [2.05, 4.69) is 5.32 Å². The van der Waals surface area contributed by atoms with Crippen molar-refractivity contribution in [3.8, 4) is 0 Å². The number of carbonyl (C=O) groups excluding carboxylic acids is 2. The Kier molecular flexibility index (Phi) is 6.42. The molecule has 0 aliphatic carbocycles. The Hall–Kier alpha value is -2.53. The first-order valence-corrected chi connectivity index (χ1v) is 8.46. The molecule has 0 spiro atoms. The minimum atomic E-state index is -0.686. The molecule has 0 atom stereocenters. The molecular weight excluding hydrogens is 340 g/mol. The van der Waals surface area contributed by atoms with Crippen molar-refractivity contribution in [3.05, 3.63) is 58.1 Å². The monoisotopic (exact) mass is 360 g/mol. The minimum absolute atomic E-state index is 0.142. The number of benzene rings is 2. The number of halogens is 1. The van der Waals surface area contributed by atoms with Crippen molar-refractivity contribution in [1.82, 2.24) is 0 Å². The Morgan fingerprint density at radius 2 is 1.76 bits per heavy atom. The van der Waals surface area contributed by atoms with Gasteiger partial charge in [0, 0.05) is 16.4 Å². The molecule has 2 rings (SSSR count). The zero-order chi connectivity index (χ0) is 18.4. The van der Waals surface area contributed by atoms with Crippen LogP contribution in [0.15, 0.2) is 36.4 Å². The molecule has 2 aromatic rings. The smallest absolute Gasteiger partial charge is 0.340 e. The highest BCUT2D eigenvalue weighted by Crippen LogP contribution is 2.23. The first kappa shape index (κ1) is 18.8. The van der Waals surface area contributed by atoms with Gasteiger partial charge in [0.15, 0.2) is 6.61 Å². The Labute approximate surface area is 152 Å². The first-order chi connectivity index (χ1) is 12.0. The van der Waals surface area contributed by atoms with E-state index in [0.29, 0.717) is 5.02 Å². The van der Waals surface area contributed by atoms with Gasteiger partial charge in [-0.15, -0.1) is 0 Å². The predicted octanol–water partition coefficient (Wildman–Crippen LogP) is 3.84. The molecule has 0 fully saturated rings. The molecule has 2 aromatic carbocycles. The number of anilines is 2. The van der Waals surface area contributed by atoms with E-state index in [1.54, 1.807) is 6.07 Å². The van der Waals surface area contributed by atoms with Crippen LogP contribution in [-0.4, -0.2) is 18.5 Å². The maximum absolute atomic E-state index is 12.2. The van der Waals surface area contributed by atoms with Gasteiger partial charge >= 0.3 is 5.97 Å². The van der Waals surface area contributed by atoms with E-state index in [9.17, 15) is 9.59 Å². The highest BCUT2D eigenvalue weighted by molar-refractivity contribution is 6.31. The minimum Gasteiger partial charge on any atom is -0.452 e. The summed E-state index contributed by atoms with van der Waals surface area (Å²) >= 11 is 5.86. The van der Waals surface area contributed by atoms with Crippen LogP contribution in [0.25, 0.3) is 0 Å². The molecule has 0 radical (unpaired) electrons. The van der Waals surface area contributed by atoms with Crippen LogP contribution in [0.5, 0.6) is 0 Å². The number of para-hydroxylation sites is 1. The molecule has 132 valence electrons. The highest BCUT2D eigenvalue weighted by atomic mass is 35.5. The van der Waals surface area contributed by atoms with Gasteiger partial charge in [-0.25, -0.2) is 4.79 Å². The molecular formula is C19H21ClN2O3. The fourth-order valence-corrected chi connectivity index (χ4v) is 2.66. The summed E-state index contributed by atoms with van der Waals surface area (Å²) in [7, 11) is 0. The average molecular weight is 361 g/mol. The van der Waals surface area contributed by atoms with Crippen LogP contribution in [-0.2, 0) is 22.4 Å². The average Bonchev–Trinajstić information content (AvgIpc) is 2.61. The van der Waals surface area contributed by atoms with Crippen LogP contribution >= 0.6 is 11.6 Å². The number of rotatable bonds is 6. The number of hydrogen-bond acceptors (Lipinski definition) is 4. The third-order valence-corrected chi connectivity index (χ3v) is 4.07. The van der Waals surface area contributed by atoms with Gasteiger partial charge in [-0.2, -0.15) is 0 Å². The van der Waals surface area contributed by atoms with Gasteiger partial charge in [0.2, 0.25) is 0 Å². The molecule has 5 nitrogen and oxygen atoms in total. The van der Waals surface area contributed by atoms with Crippen LogP contribution in [0.3, 0.4) is 0 Å². The van der Waals surface area contributed by atoms with Crippen LogP contribution in [0.4, 0.5) is 11.4 Å². The Bertz CT molecular complexity index is 768. The largest absolute Gasteiger partial charge is 0.452 e. The third-order valence-electron chi connectivity index (χ3n) is 3.83. The molecule has 0 saturated carbocycles. The van der Waals surface area contributed by atoms with Gasteiger partial charge in [0.25, 0.3) is 5.91 Å². The van der Waals surface area contributed by atoms with Crippen molar-refractivity contribution in [2.24, 2.45) is 0 Å². The molecule has 0 unspecified atom stereocenters. The maximum atomic E-state index is 12.2. The Morgan fingerprint density at radius 1 is 1.12 bits per heavy atom. The molecule has 0 aromatic heterocycles. The normalized spacial score (nSPS) is 10.4. The molecule has 0 heterocycles. The van der Waals surface area contributed by atoms with Crippen LogP contribution in [0.1, 0.15) is 35.3 Å². The van der Waals surface area contributed by atoms with Crippen molar-refractivity contribution < 1.29 is 14.3 Å². The van der Waals surface area contributed by atoms with E-state index in [0.717, 1.165) is 29.7 Å². The molecule has 0 saturated heterocycles. The Morgan fingerprint density at radius 3 is 2.36 bits per heavy atom. The summed E-state index contributed by atoms with van der Waals surface area (Å²) < 4.78 is 5.06. The van der Waals surface area contributed by atoms with Gasteiger partial charge in [-0.1, -0.05) is 43.6 Å². The van der Waals surface area contributed by atoms with Gasteiger partial charge in [-0.05, 0) is 42.2 Å². The molecule has 0 bridgehead atoms. The second kappa shape index (κ2) is 8.53. The fraction of sp³-hybridized carbons (Fsp3) is 0.263. The van der Waals surface area contributed by atoms with E-state index in [1.165, 1.54) is 12.1 Å². The summed E-state index contributed by atoms with van der Waals surface area (Å²) in [6.45, 7) is 3.64. The number of nitrogens with one attached hydrogen (secondary N) is 1. The number of ether oxygens (including phenoxy) is 1. The topological polar surface area (TPSA) is 81.4 Å². The zero-order valence-corrected chi connectivity index (χ0v) is 15.0. The van der Waals surface area contributed by atoms with Gasteiger partial charge in [-0.3, -0.25) is 4.79 Å². The number of esters is 1. The lowest BCUT2D eigenvalue weighted by molar-refractivity contribution is -0.119. The van der Waals surface area contributed by atoms with Crippen molar-refractivity contribution >= 4 is 34.9 Å². The lowest BCUT2D eigenvalue weighted by atomic mass is 10.0. The van der Waals surface area contributed by atoms with Gasteiger partial charge in [0.05, 0.1) is 5.56 Å². The lowest BCUT2D eigenvalue weighted by Gasteiger charge is -2.14. The number of hydrogen-bond donors (Lipinski definition) is 2. The summed E-state index contributed by atoms with van der Waals surface area (Å²) in [4.78, 5) is 24.3. The number of amides is 1. The first-order valence-electron chi connectivity index (χ1n) is 8.09. The van der Waals surface area contributed by atoms with E-state index >= 15 is 0 Å². The van der Waals surface area contributed by atoms with Crippen LogP contribution < -0.4 is 11.1 Å². The van der Waals surface area contributed by atoms with Crippen molar-refractivity contribution in [3.63, 3.8) is 0 Å². The number of nitrogens with two attached hydrogens (primary N) is 1. The third kappa shape index (κ3) is 4.73. The number of carbonyl (C=O) groups is 2. The lowest BCUT2D eigenvalue weighted by Crippen LogP contribution is -2.22. The van der Waals surface area contributed by atoms with Crippen molar-refractivity contribution in [2.75, 3.05) is 17.7 Å². The summed E-state index contributed by atoms with van der Waals surface area (Å²) in [5, 5.41) is 3.21. The maximum Gasteiger partial charge on any atom is 0.340 e. The van der Waals surface area contributed by atoms with Crippen molar-refractivity contribution in [2.45, 2.75) is 26.7 Å². The molecule has 25 heavy (non-hydrogen) atoms. The SMILES string of the molecule is CCc1cccc(CC)c1NC(=O)COC(=O)c1cc(Cl)ccc1N. The van der Waals surface area contributed by atoms with Crippen LogP contribution in [0.2, 0.25) is 5.02 Å². The molecule has 3 N–H and O–H groups in total. The second-order valence-corrected chi connectivity index (χ2v) is 5.95. The standard InChI is InChI=1S/C19H21ClN2O3/c1-3-12-6-5-7-13(4-2)18(12)22-17(23)11-25-19(24)15-10-14(20)8-9-16(15)21/h5-10H,3-4,11,21H2,1-2H3,(H,22,23). The van der Waals surface area contributed by atoms with E-state index in [4.69, 9.17) is 22.1 Å². The van der Waals surface area contributed by atoms with E-state index in [-0.39, 0.29) is 11.3 Å². The van der Waals surface area contributed by atoms with E-state index < -0.39 is 18.5 Å². The van der Waals surface area contributed by atoms with Gasteiger partial charge in [0.1, 0.15) is 0 Å². The molecule has 0 aliphatic heterocycles. The number of nitrogen functional groups attached to an aromatic ring is 1.